The SMILES string of the molecule is NSc1cccc(-c2ccc3nccc(-c4ccc(C(F)(F)F)cc4)c3n2)c1. The molecule has 2 heterocycles. The van der Waals surface area contributed by atoms with Gasteiger partial charge in [-0.1, -0.05) is 24.3 Å². The number of alkyl halides is 3. The van der Waals surface area contributed by atoms with Gasteiger partial charge in [0.2, 0.25) is 0 Å². The van der Waals surface area contributed by atoms with Crippen molar-refractivity contribution < 1.29 is 13.2 Å². The van der Waals surface area contributed by atoms with Gasteiger partial charge in [0.25, 0.3) is 0 Å². The Morgan fingerprint density at radius 3 is 2.36 bits per heavy atom. The van der Waals surface area contributed by atoms with Gasteiger partial charge in [0.05, 0.1) is 22.3 Å². The van der Waals surface area contributed by atoms with E-state index in [9.17, 15) is 13.2 Å². The third-order valence-corrected chi connectivity index (χ3v) is 4.90. The molecule has 3 nitrogen and oxygen atoms in total. The topological polar surface area (TPSA) is 51.8 Å². The van der Waals surface area contributed by atoms with Crippen LogP contribution in [0, 0.1) is 0 Å². The summed E-state index contributed by atoms with van der Waals surface area (Å²) in [5, 5.41) is 5.64. The first kappa shape index (κ1) is 18.5. The molecule has 0 spiro atoms. The molecule has 0 amide bonds. The van der Waals surface area contributed by atoms with Crippen molar-refractivity contribution >= 4 is 23.0 Å². The molecule has 0 saturated heterocycles. The number of halogens is 3. The van der Waals surface area contributed by atoms with Crippen molar-refractivity contribution in [2.75, 3.05) is 0 Å². The number of pyridine rings is 2. The number of nitrogens with zero attached hydrogens (tertiary/aromatic N) is 2. The van der Waals surface area contributed by atoms with Crippen molar-refractivity contribution in [3.8, 4) is 22.4 Å². The van der Waals surface area contributed by atoms with Crippen LogP contribution in [-0.2, 0) is 6.18 Å². The van der Waals surface area contributed by atoms with Gasteiger partial charge < -0.3 is 0 Å². The lowest BCUT2D eigenvalue weighted by Gasteiger charge is -2.10. The molecule has 0 aliphatic rings. The summed E-state index contributed by atoms with van der Waals surface area (Å²) in [6, 6.07) is 18.2. The predicted molar refractivity (Wildman–Crippen MR) is 105 cm³/mol. The van der Waals surface area contributed by atoms with Gasteiger partial charge in [-0.05, 0) is 60.0 Å². The van der Waals surface area contributed by atoms with Crippen molar-refractivity contribution in [2.24, 2.45) is 5.14 Å². The Morgan fingerprint density at radius 1 is 0.857 bits per heavy atom. The Balaban J connectivity index is 1.83. The molecule has 7 heteroatoms. The van der Waals surface area contributed by atoms with E-state index in [-0.39, 0.29) is 0 Å². The highest BCUT2D eigenvalue weighted by Crippen LogP contribution is 2.33. The zero-order valence-electron chi connectivity index (χ0n) is 14.4. The highest BCUT2D eigenvalue weighted by atomic mass is 32.2. The molecule has 0 fully saturated rings. The van der Waals surface area contributed by atoms with E-state index in [1.807, 2.05) is 36.4 Å². The minimum absolute atomic E-state index is 0.630. The lowest BCUT2D eigenvalue weighted by atomic mass is 10.0. The van der Waals surface area contributed by atoms with E-state index in [0.29, 0.717) is 16.6 Å². The molecule has 2 N–H and O–H groups in total. The maximum atomic E-state index is 12.8. The third kappa shape index (κ3) is 3.58. The molecule has 140 valence electrons. The first-order valence-corrected chi connectivity index (χ1v) is 9.24. The van der Waals surface area contributed by atoms with Crippen molar-refractivity contribution in [1.29, 1.82) is 0 Å². The molecule has 0 radical (unpaired) electrons. The van der Waals surface area contributed by atoms with Crippen molar-refractivity contribution in [3.63, 3.8) is 0 Å². The molecule has 0 unspecified atom stereocenters. The number of fused-ring (bicyclic) bond motifs is 1. The molecule has 4 rings (SSSR count). The fraction of sp³-hybridized carbons (Fsp3) is 0.0476. The summed E-state index contributed by atoms with van der Waals surface area (Å²) < 4.78 is 38.5. The van der Waals surface area contributed by atoms with Crippen LogP contribution in [0.4, 0.5) is 13.2 Å². The predicted octanol–water partition coefficient (Wildman–Crippen LogP) is 5.95. The normalized spacial score (nSPS) is 11.7. The number of hydrogen-bond acceptors (Lipinski definition) is 4. The van der Waals surface area contributed by atoms with E-state index in [2.05, 4.69) is 4.98 Å². The van der Waals surface area contributed by atoms with Gasteiger partial charge in [0.1, 0.15) is 0 Å². The summed E-state index contributed by atoms with van der Waals surface area (Å²) in [4.78, 5) is 9.97. The molecular weight excluding hydrogens is 383 g/mol. The monoisotopic (exact) mass is 397 g/mol. The second kappa shape index (κ2) is 7.26. The van der Waals surface area contributed by atoms with Crippen LogP contribution in [-0.4, -0.2) is 9.97 Å². The van der Waals surface area contributed by atoms with Gasteiger partial charge >= 0.3 is 6.18 Å². The van der Waals surface area contributed by atoms with E-state index < -0.39 is 11.7 Å². The van der Waals surface area contributed by atoms with Crippen molar-refractivity contribution in [3.05, 3.63) is 78.5 Å². The van der Waals surface area contributed by atoms with Gasteiger partial charge in [-0.2, -0.15) is 13.2 Å². The Morgan fingerprint density at radius 2 is 1.64 bits per heavy atom. The summed E-state index contributed by atoms with van der Waals surface area (Å²) in [5.74, 6) is 0. The largest absolute Gasteiger partial charge is 0.416 e. The Kier molecular flexibility index (Phi) is 4.78. The number of nitrogens with two attached hydrogens (primary N) is 1. The molecule has 0 saturated carbocycles. The molecule has 4 aromatic rings. The zero-order valence-corrected chi connectivity index (χ0v) is 15.3. The summed E-state index contributed by atoms with van der Waals surface area (Å²) in [6.07, 6.45) is -2.74. The highest BCUT2D eigenvalue weighted by molar-refractivity contribution is 7.97. The minimum Gasteiger partial charge on any atom is -0.274 e. The van der Waals surface area contributed by atoms with Crippen LogP contribution in [0.15, 0.2) is 77.8 Å². The maximum Gasteiger partial charge on any atom is 0.416 e. The minimum atomic E-state index is -4.36. The first-order chi connectivity index (χ1) is 13.5. The van der Waals surface area contributed by atoms with Crippen LogP contribution in [0.2, 0.25) is 0 Å². The van der Waals surface area contributed by atoms with Crippen molar-refractivity contribution in [1.82, 2.24) is 9.97 Å². The van der Waals surface area contributed by atoms with Crippen molar-refractivity contribution in [2.45, 2.75) is 11.1 Å². The third-order valence-electron chi connectivity index (χ3n) is 4.37. The molecule has 0 aliphatic carbocycles. The summed E-state index contributed by atoms with van der Waals surface area (Å²) in [6.45, 7) is 0. The van der Waals surface area contributed by atoms with E-state index in [4.69, 9.17) is 10.1 Å². The number of rotatable bonds is 3. The first-order valence-electron chi connectivity index (χ1n) is 8.36. The van der Waals surface area contributed by atoms with Crippen LogP contribution in [0.5, 0.6) is 0 Å². The summed E-state index contributed by atoms with van der Waals surface area (Å²) in [7, 11) is 0. The maximum absolute atomic E-state index is 12.8. The molecule has 0 atom stereocenters. The summed E-state index contributed by atoms with van der Waals surface area (Å²) >= 11 is 1.15. The number of aromatic nitrogens is 2. The molecule has 2 aromatic carbocycles. The van der Waals surface area contributed by atoms with E-state index >= 15 is 0 Å². The molecule has 28 heavy (non-hydrogen) atoms. The molecular formula is C21H14F3N3S. The second-order valence-corrected chi connectivity index (χ2v) is 6.85. The fourth-order valence-corrected chi connectivity index (χ4v) is 3.34. The van der Waals surface area contributed by atoms with Gasteiger partial charge in [-0.15, -0.1) is 0 Å². The Bertz CT molecular complexity index is 1140. The zero-order chi connectivity index (χ0) is 19.7. The van der Waals surface area contributed by atoms with Gasteiger partial charge in [-0.25, -0.2) is 4.98 Å². The quantitative estimate of drug-likeness (QED) is 0.434. The van der Waals surface area contributed by atoms with Crippen LogP contribution < -0.4 is 5.14 Å². The van der Waals surface area contributed by atoms with Crippen LogP contribution in [0.1, 0.15) is 5.56 Å². The lowest BCUT2D eigenvalue weighted by molar-refractivity contribution is -0.137. The van der Waals surface area contributed by atoms with Gasteiger partial charge in [-0.3, -0.25) is 10.1 Å². The van der Waals surface area contributed by atoms with E-state index in [0.717, 1.165) is 45.8 Å². The summed E-state index contributed by atoms with van der Waals surface area (Å²) in [5.41, 5.74) is 3.64. The van der Waals surface area contributed by atoms with Gasteiger partial charge in [0, 0.05) is 22.2 Å². The van der Waals surface area contributed by atoms with Crippen LogP contribution in [0.25, 0.3) is 33.4 Å². The average Bonchev–Trinajstić information content (AvgIpc) is 2.72. The Hall–Kier alpha value is -2.90. The van der Waals surface area contributed by atoms with E-state index in [1.165, 1.54) is 12.1 Å². The van der Waals surface area contributed by atoms with E-state index in [1.54, 1.807) is 12.3 Å². The highest BCUT2D eigenvalue weighted by Gasteiger charge is 2.30. The van der Waals surface area contributed by atoms with Crippen LogP contribution in [0.3, 0.4) is 0 Å². The number of hydrogen-bond donors (Lipinski definition) is 1. The van der Waals surface area contributed by atoms with Gasteiger partial charge in [0.15, 0.2) is 0 Å². The average molecular weight is 397 g/mol. The number of benzene rings is 2. The second-order valence-electron chi connectivity index (χ2n) is 6.14. The fourth-order valence-electron chi connectivity index (χ4n) is 2.99. The standard InChI is InChI=1S/C21H14F3N3S/c22-21(23,24)15-6-4-13(5-7-15)17-10-11-26-19-9-8-18(27-20(17)19)14-2-1-3-16(12-14)28-25/h1-12H,25H2. The molecule has 0 bridgehead atoms. The molecule has 2 aromatic heterocycles. The lowest BCUT2D eigenvalue weighted by Crippen LogP contribution is -2.04. The molecule has 0 aliphatic heterocycles. The smallest absolute Gasteiger partial charge is 0.274 e. The Labute approximate surface area is 163 Å². The van der Waals surface area contributed by atoms with Crippen LogP contribution >= 0.6 is 11.9 Å².